The summed E-state index contributed by atoms with van der Waals surface area (Å²) in [6, 6.07) is 0. The van der Waals surface area contributed by atoms with Gasteiger partial charge in [0, 0.05) is 50.4 Å². The van der Waals surface area contributed by atoms with Gasteiger partial charge < -0.3 is 63.0 Å². The van der Waals surface area contributed by atoms with Crippen LogP contribution in [0.15, 0.2) is 11.6 Å². The molecule has 224 valence electrons. The smallest absolute Gasteiger partial charge is 0.244 e. The summed E-state index contributed by atoms with van der Waals surface area (Å²) in [6.07, 6.45) is -0.453. The third-order valence-corrected chi connectivity index (χ3v) is 3.00. The van der Waals surface area contributed by atoms with Crippen molar-refractivity contribution in [1.82, 2.24) is 0 Å². The number of primary amides is 2. The zero-order valence-corrected chi connectivity index (χ0v) is 24.3. The fraction of sp³-hybridized carbons (Fsp3) is 0.800. The molecule has 2 aliphatic rings. The Morgan fingerprint density at radius 1 is 0.750 bits per heavy atom. The Labute approximate surface area is 238 Å². The number of hydrogen-bond acceptors (Lipinski definition) is 10. The van der Waals surface area contributed by atoms with Gasteiger partial charge >= 0.3 is 0 Å². The number of hydrogen-bond donors (Lipinski definition) is 10. The maximum atomic E-state index is 10.5. The first-order valence-electron chi connectivity index (χ1n) is 10.5. The summed E-state index contributed by atoms with van der Waals surface area (Å²) < 4.78 is 0. The second-order valence-corrected chi connectivity index (χ2v) is 6.85. The monoisotopic (exact) mass is 706 g/mol. The summed E-state index contributed by atoms with van der Waals surface area (Å²) in [5.74, 6) is -0.364. The van der Waals surface area contributed by atoms with Crippen molar-refractivity contribution in [3.63, 3.8) is 0 Å². The van der Waals surface area contributed by atoms with Crippen LogP contribution in [0.5, 0.6) is 0 Å². The van der Waals surface area contributed by atoms with E-state index in [2.05, 4.69) is 10.6 Å². The van der Waals surface area contributed by atoms with E-state index in [1.807, 2.05) is 0 Å². The Balaban J connectivity index is -0.0000000781. The molecule has 36 heavy (non-hydrogen) atoms. The second kappa shape index (κ2) is 34.5. The Bertz CT molecular complexity index is 474. The number of rotatable bonds is 2. The zero-order valence-electron chi connectivity index (χ0n) is 21.0. The van der Waals surface area contributed by atoms with E-state index in [1.54, 1.807) is 6.08 Å². The van der Waals surface area contributed by atoms with Crippen molar-refractivity contribution in [2.24, 2.45) is 17.4 Å². The maximum absolute atomic E-state index is 10.5. The minimum atomic E-state index is -1.17. The molecule has 14 nitrogen and oxygen atoms in total. The van der Waals surface area contributed by atoms with Crippen LogP contribution in [0.25, 0.3) is 10.6 Å². The van der Waals surface area contributed by atoms with Gasteiger partial charge in [0.25, 0.3) is 0 Å². The largest absolute Gasteiger partial charge is 0.662 e. The van der Waals surface area contributed by atoms with Crippen LogP contribution in [0.1, 0.15) is 47.0 Å². The molecular formula is C20H44N4O10Rh2-2. The first-order chi connectivity index (χ1) is 15.5. The van der Waals surface area contributed by atoms with Crippen LogP contribution in [0, 0.1) is 5.92 Å². The van der Waals surface area contributed by atoms with E-state index in [9.17, 15) is 9.59 Å². The van der Waals surface area contributed by atoms with E-state index < -0.39 is 25.2 Å². The quantitative estimate of drug-likeness (QED) is 0.108. The van der Waals surface area contributed by atoms with Gasteiger partial charge in [0.05, 0.1) is 0 Å². The van der Waals surface area contributed by atoms with Gasteiger partial charge in [-0.1, -0.05) is 18.9 Å². The van der Waals surface area contributed by atoms with Crippen molar-refractivity contribution in [3.8, 4) is 0 Å². The van der Waals surface area contributed by atoms with Gasteiger partial charge in [-0.2, -0.15) is 0 Å². The summed E-state index contributed by atoms with van der Waals surface area (Å²) in [7, 11) is 0. The van der Waals surface area contributed by atoms with Crippen molar-refractivity contribution < 1.29 is 89.4 Å². The summed E-state index contributed by atoms with van der Waals surface area (Å²) in [5.41, 5.74) is 10.8. The van der Waals surface area contributed by atoms with E-state index in [-0.39, 0.29) is 56.7 Å². The third-order valence-electron chi connectivity index (χ3n) is 3.00. The number of aliphatic hydroxyl groups excluding tert-OH is 4. The van der Waals surface area contributed by atoms with Crippen molar-refractivity contribution in [3.05, 3.63) is 22.3 Å². The predicted octanol–water partition coefficient (Wildman–Crippen LogP) is -2.31. The van der Waals surface area contributed by atoms with Gasteiger partial charge in [0.15, 0.2) is 0 Å². The normalized spacial score (nSPS) is 14.2. The van der Waals surface area contributed by atoms with Gasteiger partial charge in [-0.25, -0.2) is 0 Å². The van der Waals surface area contributed by atoms with Crippen LogP contribution in [-0.4, -0.2) is 104 Å². The molecule has 2 radical (unpaired) electrons. The Hall–Kier alpha value is -0.473. The molecule has 0 aromatic heterocycles. The summed E-state index contributed by atoms with van der Waals surface area (Å²) in [5, 5.41) is 69.0. The van der Waals surface area contributed by atoms with Crippen LogP contribution >= 0.6 is 0 Å². The topological polar surface area (TPSA) is 276 Å². The molecule has 12 N–H and O–H groups in total. The fourth-order valence-corrected chi connectivity index (χ4v) is 1.83. The number of piperidine rings is 1. The second-order valence-electron chi connectivity index (χ2n) is 6.85. The Morgan fingerprint density at radius 3 is 1.25 bits per heavy atom. The van der Waals surface area contributed by atoms with E-state index in [0.717, 1.165) is 44.5 Å². The van der Waals surface area contributed by atoms with Crippen LogP contribution in [0.3, 0.4) is 0 Å². The van der Waals surface area contributed by atoms with Crippen molar-refractivity contribution in [2.45, 2.75) is 72.1 Å². The fourth-order valence-electron chi connectivity index (χ4n) is 1.83. The number of carbonyl (C=O) groups is 2. The Kier molecular flexibility index (Phi) is 46.6. The van der Waals surface area contributed by atoms with Crippen LogP contribution in [-0.2, 0) is 48.5 Å². The standard InChI is InChI=1S/C6H11N2O.C6H9N2O.4C2H6O2.2Rh/c2*7-6(9)5-1-3-8-4-2-5;4*1-2(3)4;;/h5H,1-4H2,(H2,7,9);1H,2-4H2,(H2,7,9);4*2-4H,1H3;;/q2*-1;;;;;;. The van der Waals surface area contributed by atoms with Crippen LogP contribution < -0.4 is 11.5 Å². The molecular weight excluding hydrogens is 662 g/mol. The minimum absolute atomic E-state index is 0. The molecule has 2 heterocycles. The number of amides is 2. The average Bonchev–Trinajstić information content (AvgIpc) is 2.68. The molecule has 2 amide bonds. The zero-order chi connectivity index (χ0) is 27.7. The van der Waals surface area contributed by atoms with E-state index in [4.69, 9.17) is 52.3 Å². The number of aliphatic hydroxyl groups is 8. The number of carbonyl (C=O) groups excluding carboxylic acids is 2. The molecule has 0 atom stereocenters. The summed E-state index contributed by atoms with van der Waals surface area (Å²) >= 11 is 0. The van der Waals surface area contributed by atoms with E-state index in [1.165, 1.54) is 27.7 Å². The maximum Gasteiger partial charge on any atom is 0.244 e. The molecule has 0 bridgehead atoms. The van der Waals surface area contributed by atoms with Gasteiger partial charge in [0.2, 0.25) is 11.8 Å². The molecule has 0 aliphatic carbocycles. The molecule has 0 aromatic carbocycles. The molecule has 0 unspecified atom stereocenters. The predicted molar refractivity (Wildman–Crippen MR) is 126 cm³/mol. The first-order valence-corrected chi connectivity index (χ1v) is 10.5. The SMILES string of the molecule is CC(O)O.CC(O)O.CC(O)O.CC(O)O.NC(=O)C1=CC[N-]CC1.NC(=O)C1CC[N-]CC1.[Rh].[Rh]. The van der Waals surface area contributed by atoms with Crippen molar-refractivity contribution >= 4 is 11.8 Å². The molecule has 1 fully saturated rings. The first kappa shape index (κ1) is 48.6. The summed E-state index contributed by atoms with van der Waals surface area (Å²) in [6.45, 7) is 8.13. The van der Waals surface area contributed by atoms with Gasteiger partial charge in [-0.05, 0) is 34.1 Å². The molecule has 0 saturated carbocycles. The van der Waals surface area contributed by atoms with Crippen LogP contribution in [0.4, 0.5) is 0 Å². The Morgan fingerprint density at radius 2 is 1.08 bits per heavy atom. The number of nitrogens with two attached hydrogens (primary N) is 2. The molecule has 1 saturated heterocycles. The molecule has 0 aromatic rings. The van der Waals surface area contributed by atoms with E-state index >= 15 is 0 Å². The van der Waals surface area contributed by atoms with Gasteiger partial charge in [-0.15, -0.1) is 26.2 Å². The third kappa shape index (κ3) is 64.1. The van der Waals surface area contributed by atoms with E-state index in [0.29, 0.717) is 6.54 Å². The molecule has 2 aliphatic heterocycles. The van der Waals surface area contributed by atoms with Crippen molar-refractivity contribution in [1.29, 1.82) is 0 Å². The van der Waals surface area contributed by atoms with Crippen molar-refractivity contribution in [2.75, 3.05) is 26.2 Å². The average molecular weight is 706 g/mol. The molecule has 16 heteroatoms. The molecule has 2 rings (SSSR count). The van der Waals surface area contributed by atoms with Crippen LogP contribution in [0.2, 0.25) is 0 Å². The minimum Gasteiger partial charge on any atom is -0.662 e. The van der Waals surface area contributed by atoms with Gasteiger partial charge in [-0.3, -0.25) is 9.59 Å². The number of nitrogens with zero attached hydrogens (tertiary/aromatic N) is 2. The summed E-state index contributed by atoms with van der Waals surface area (Å²) in [4.78, 5) is 21.0. The molecule has 0 spiro atoms. The van der Waals surface area contributed by atoms with Gasteiger partial charge in [0.1, 0.15) is 25.2 Å².